The summed E-state index contributed by atoms with van der Waals surface area (Å²) in [5, 5.41) is 27.0. The second-order valence-electron chi connectivity index (χ2n) is 6.79. The molecule has 2 atom stereocenters. The number of allylic oxidation sites excluding steroid dienone is 1. The molecule has 0 spiro atoms. The first-order valence-electron chi connectivity index (χ1n) is 9.35. The molecule has 6 nitrogen and oxygen atoms in total. The highest BCUT2D eigenvalue weighted by atomic mass is 16.5. The summed E-state index contributed by atoms with van der Waals surface area (Å²) in [6.07, 6.45) is 9.14. The van der Waals surface area contributed by atoms with Crippen LogP contribution in [-0.4, -0.2) is 39.5 Å². The highest BCUT2D eigenvalue weighted by molar-refractivity contribution is 5.83. The zero-order valence-corrected chi connectivity index (χ0v) is 15.7. The molecule has 1 aliphatic rings. The number of carboxylic acids is 1. The molecule has 0 unspecified atom stereocenters. The number of aliphatic carboxylic acids is 1. The number of ketones is 1. The summed E-state index contributed by atoms with van der Waals surface area (Å²) in [7, 11) is 0. The molecule has 0 aromatic heterocycles. The molecule has 0 bridgehead atoms. The number of Topliss-reactive ketones (excluding diaryl/α,β-unsaturated/α-hetero) is 1. The van der Waals surface area contributed by atoms with Gasteiger partial charge in [0.2, 0.25) is 0 Å². The second-order valence-corrected chi connectivity index (χ2v) is 6.79. The van der Waals surface area contributed by atoms with Gasteiger partial charge in [-0.05, 0) is 49.5 Å². The molecule has 0 heterocycles. The van der Waals surface area contributed by atoms with Gasteiger partial charge in [-0.2, -0.15) is 0 Å². The van der Waals surface area contributed by atoms with Crippen LogP contribution in [-0.2, 0) is 9.59 Å². The molecule has 0 radical (unpaired) electrons. The summed E-state index contributed by atoms with van der Waals surface area (Å²) in [5.74, 6) is -3.43. The lowest BCUT2D eigenvalue weighted by molar-refractivity contribution is -0.201. The number of carbonyl (C=O) groups is 2. The smallest absolute Gasteiger partial charge is 0.364 e. The Morgan fingerprint density at radius 3 is 2.71 bits per heavy atom. The number of hydrogen-bond acceptors (Lipinski definition) is 5. The third-order valence-electron chi connectivity index (χ3n) is 4.67. The summed E-state index contributed by atoms with van der Waals surface area (Å²) in [6.45, 7) is 0.572. The predicted molar refractivity (Wildman–Crippen MR) is 104 cm³/mol. The maximum Gasteiger partial charge on any atom is 0.364 e. The van der Waals surface area contributed by atoms with Crippen molar-refractivity contribution in [2.45, 2.75) is 37.9 Å². The summed E-state index contributed by atoms with van der Waals surface area (Å²) in [6, 6.07) is 9.59. The van der Waals surface area contributed by atoms with Crippen molar-refractivity contribution in [2.75, 3.05) is 6.61 Å². The van der Waals surface area contributed by atoms with Crippen molar-refractivity contribution >= 4 is 11.8 Å². The van der Waals surface area contributed by atoms with Crippen LogP contribution in [0.1, 0.15) is 32.1 Å². The highest BCUT2D eigenvalue weighted by Crippen LogP contribution is 2.32. The van der Waals surface area contributed by atoms with Crippen LogP contribution in [0.25, 0.3) is 0 Å². The SMILES string of the molecule is O=C1CC[C@H](/C=C/CCOc2ccccc2)[C@H]1CC=C=CCC(O)(O)C(=O)O. The van der Waals surface area contributed by atoms with Crippen LogP contribution in [0.4, 0.5) is 0 Å². The fourth-order valence-electron chi connectivity index (χ4n) is 3.07. The summed E-state index contributed by atoms with van der Waals surface area (Å²) in [4.78, 5) is 22.7. The van der Waals surface area contributed by atoms with E-state index in [2.05, 4.69) is 11.8 Å². The number of para-hydroxylation sites is 1. The van der Waals surface area contributed by atoms with E-state index < -0.39 is 18.2 Å². The van der Waals surface area contributed by atoms with Gasteiger partial charge in [-0.25, -0.2) is 4.79 Å². The fourth-order valence-corrected chi connectivity index (χ4v) is 3.07. The lowest BCUT2D eigenvalue weighted by Crippen LogP contribution is -2.37. The Labute approximate surface area is 164 Å². The number of benzene rings is 1. The van der Waals surface area contributed by atoms with Gasteiger partial charge in [0.15, 0.2) is 0 Å². The second kappa shape index (κ2) is 10.6. The molecule has 1 aromatic carbocycles. The maximum atomic E-state index is 12.1. The van der Waals surface area contributed by atoms with Gasteiger partial charge in [-0.1, -0.05) is 30.4 Å². The molecular weight excluding hydrogens is 360 g/mol. The van der Waals surface area contributed by atoms with Crippen LogP contribution in [0.5, 0.6) is 5.75 Å². The van der Waals surface area contributed by atoms with Crippen molar-refractivity contribution in [2.24, 2.45) is 11.8 Å². The zero-order chi connectivity index (χ0) is 20.4. The molecule has 2 rings (SSSR count). The van der Waals surface area contributed by atoms with Gasteiger partial charge in [-0.3, -0.25) is 4.79 Å². The Hall–Kier alpha value is -2.66. The molecule has 1 aromatic rings. The number of carboxylic acid groups (broad SMARTS) is 1. The van der Waals surface area contributed by atoms with Crippen molar-refractivity contribution in [3.8, 4) is 5.75 Å². The number of aliphatic hydroxyl groups is 2. The van der Waals surface area contributed by atoms with E-state index in [1.54, 1.807) is 6.08 Å². The average molecular weight is 386 g/mol. The third kappa shape index (κ3) is 6.82. The number of carbonyl (C=O) groups excluding carboxylic acids is 1. The molecule has 0 aliphatic heterocycles. The van der Waals surface area contributed by atoms with E-state index >= 15 is 0 Å². The van der Waals surface area contributed by atoms with Crippen molar-refractivity contribution in [3.63, 3.8) is 0 Å². The molecule has 1 saturated carbocycles. The molecule has 0 amide bonds. The molecule has 0 saturated heterocycles. The van der Waals surface area contributed by atoms with E-state index in [0.717, 1.165) is 18.6 Å². The van der Waals surface area contributed by atoms with Gasteiger partial charge in [0.1, 0.15) is 11.5 Å². The lowest BCUT2D eigenvalue weighted by atomic mass is 9.91. The summed E-state index contributed by atoms with van der Waals surface area (Å²) in [5.41, 5.74) is 2.73. The first kappa shape index (κ1) is 21.6. The minimum absolute atomic E-state index is 0.125. The molecular formula is C22H26O6. The Morgan fingerprint density at radius 1 is 1.25 bits per heavy atom. The molecule has 6 heteroatoms. The average Bonchev–Trinajstić information content (AvgIpc) is 3.01. The van der Waals surface area contributed by atoms with Crippen molar-refractivity contribution < 1.29 is 29.6 Å². The van der Waals surface area contributed by atoms with E-state index in [1.807, 2.05) is 36.4 Å². The molecule has 3 N–H and O–H groups in total. The van der Waals surface area contributed by atoms with E-state index in [9.17, 15) is 19.8 Å². The van der Waals surface area contributed by atoms with Gasteiger partial charge < -0.3 is 20.1 Å². The standard InChI is InChI=1S/C22H26O6/c23-20-14-13-17(9-6-8-16-28-18-10-3-1-4-11-18)19(20)12-5-2-7-15-22(26,27)21(24)25/h1,3-7,9-11,17,19,26-27H,8,12-16H2,(H,24,25)/b9-6+/t2?,17-,19+/m0/s1. The van der Waals surface area contributed by atoms with Crippen LogP contribution >= 0.6 is 0 Å². The van der Waals surface area contributed by atoms with Gasteiger partial charge in [-0.15, -0.1) is 5.73 Å². The van der Waals surface area contributed by atoms with Crippen LogP contribution in [0.15, 0.2) is 60.4 Å². The highest BCUT2D eigenvalue weighted by Gasteiger charge is 2.32. The number of rotatable bonds is 10. The normalized spacial score (nSPS) is 19.4. The van der Waals surface area contributed by atoms with E-state index in [1.165, 1.54) is 6.08 Å². The lowest BCUT2D eigenvalue weighted by Gasteiger charge is -2.13. The minimum Gasteiger partial charge on any atom is -0.493 e. The zero-order valence-electron chi connectivity index (χ0n) is 15.7. The number of hydrogen-bond donors (Lipinski definition) is 3. The van der Waals surface area contributed by atoms with Crippen molar-refractivity contribution in [3.05, 3.63) is 60.4 Å². The van der Waals surface area contributed by atoms with Crippen LogP contribution in [0, 0.1) is 11.8 Å². The number of ether oxygens (including phenoxy) is 1. The van der Waals surface area contributed by atoms with Gasteiger partial charge in [0.25, 0.3) is 5.79 Å². The van der Waals surface area contributed by atoms with Crippen LogP contribution in [0.3, 0.4) is 0 Å². The molecule has 28 heavy (non-hydrogen) atoms. The van der Waals surface area contributed by atoms with Gasteiger partial charge >= 0.3 is 5.97 Å². The molecule has 1 aliphatic carbocycles. The first-order chi connectivity index (χ1) is 13.4. The summed E-state index contributed by atoms with van der Waals surface area (Å²) < 4.78 is 5.63. The Kier molecular flexibility index (Phi) is 8.20. The monoisotopic (exact) mass is 386 g/mol. The topological polar surface area (TPSA) is 104 Å². The van der Waals surface area contributed by atoms with Gasteiger partial charge in [0, 0.05) is 18.8 Å². The van der Waals surface area contributed by atoms with E-state index in [0.29, 0.717) is 19.4 Å². The third-order valence-corrected chi connectivity index (χ3v) is 4.67. The minimum atomic E-state index is -2.79. The van der Waals surface area contributed by atoms with E-state index in [-0.39, 0.29) is 17.6 Å². The Bertz CT molecular complexity index is 744. The molecule has 150 valence electrons. The Balaban J connectivity index is 1.78. The van der Waals surface area contributed by atoms with Gasteiger partial charge in [0.05, 0.1) is 6.61 Å². The van der Waals surface area contributed by atoms with Crippen molar-refractivity contribution in [1.82, 2.24) is 0 Å². The summed E-state index contributed by atoms with van der Waals surface area (Å²) >= 11 is 0. The molecule has 1 fully saturated rings. The van der Waals surface area contributed by atoms with E-state index in [4.69, 9.17) is 9.84 Å². The Morgan fingerprint density at radius 2 is 2.00 bits per heavy atom. The predicted octanol–water partition coefficient (Wildman–Crippen LogP) is 2.86. The van der Waals surface area contributed by atoms with Crippen LogP contribution < -0.4 is 4.74 Å². The van der Waals surface area contributed by atoms with Crippen LogP contribution in [0.2, 0.25) is 0 Å². The largest absolute Gasteiger partial charge is 0.493 e. The maximum absolute atomic E-state index is 12.1. The first-order valence-corrected chi connectivity index (χ1v) is 9.35. The quantitative estimate of drug-likeness (QED) is 0.247. The van der Waals surface area contributed by atoms with Crippen molar-refractivity contribution in [1.29, 1.82) is 0 Å². The fraction of sp³-hybridized carbons (Fsp3) is 0.409.